The predicted molar refractivity (Wildman–Crippen MR) is 109 cm³/mol. The van der Waals surface area contributed by atoms with Crippen LogP contribution >= 0.6 is 11.8 Å². The van der Waals surface area contributed by atoms with Crippen LogP contribution in [0.5, 0.6) is 0 Å². The van der Waals surface area contributed by atoms with Crippen LogP contribution in [0.25, 0.3) is 0 Å². The average molecular weight is 374 g/mol. The van der Waals surface area contributed by atoms with Crippen LogP contribution in [0.15, 0.2) is 24.3 Å². The highest BCUT2D eigenvalue weighted by atomic mass is 32.2. The molecule has 0 aliphatic carbocycles. The number of thioether (sulfide) groups is 1. The first kappa shape index (κ1) is 18.3. The quantitative estimate of drug-likeness (QED) is 0.811. The Hall–Kier alpha value is -1.04. The highest BCUT2D eigenvalue weighted by Crippen LogP contribution is 2.22. The van der Waals surface area contributed by atoms with Crippen LogP contribution in [0.4, 0.5) is 0 Å². The average Bonchev–Trinajstić information content (AvgIpc) is 3.22. The second kappa shape index (κ2) is 8.77. The van der Waals surface area contributed by atoms with Crippen molar-refractivity contribution >= 4 is 17.7 Å². The van der Waals surface area contributed by atoms with Crippen LogP contribution in [-0.4, -0.2) is 77.4 Å². The molecule has 142 valence electrons. The van der Waals surface area contributed by atoms with Crippen LogP contribution in [0.2, 0.25) is 0 Å². The second-order valence-corrected chi connectivity index (χ2v) is 9.08. The van der Waals surface area contributed by atoms with Crippen molar-refractivity contribution in [3.8, 4) is 0 Å². The Bertz CT molecular complexity index is 586. The Balaban J connectivity index is 1.28. The SMILES string of the molecule is O=C(c1ccc(CN2CCCC2)cc1)N1CCC(N2CCSCC2)CC1. The first-order chi connectivity index (χ1) is 12.8. The number of amides is 1. The number of carbonyl (C=O) groups excluding carboxylic acids is 1. The molecule has 3 fully saturated rings. The summed E-state index contributed by atoms with van der Waals surface area (Å²) >= 11 is 2.07. The smallest absolute Gasteiger partial charge is 0.253 e. The minimum atomic E-state index is 0.213. The van der Waals surface area contributed by atoms with E-state index in [9.17, 15) is 4.79 Å². The maximum Gasteiger partial charge on any atom is 0.253 e. The number of piperidine rings is 1. The van der Waals surface area contributed by atoms with E-state index in [1.807, 2.05) is 12.1 Å². The Kier molecular flexibility index (Phi) is 6.18. The lowest BCUT2D eigenvalue weighted by molar-refractivity contribution is 0.0631. The van der Waals surface area contributed by atoms with Gasteiger partial charge in [0.15, 0.2) is 0 Å². The van der Waals surface area contributed by atoms with Gasteiger partial charge in [0, 0.05) is 55.8 Å². The Labute approximate surface area is 161 Å². The molecule has 26 heavy (non-hydrogen) atoms. The van der Waals surface area contributed by atoms with Crippen LogP contribution in [0.3, 0.4) is 0 Å². The van der Waals surface area contributed by atoms with E-state index in [4.69, 9.17) is 0 Å². The number of hydrogen-bond acceptors (Lipinski definition) is 4. The fourth-order valence-corrected chi connectivity index (χ4v) is 5.44. The first-order valence-corrected chi connectivity index (χ1v) is 11.4. The monoisotopic (exact) mass is 373 g/mol. The lowest BCUT2D eigenvalue weighted by Crippen LogP contribution is -2.49. The van der Waals surface area contributed by atoms with Crippen molar-refractivity contribution in [1.82, 2.24) is 14.7 Å². The van der Waals surface area contributed by atoms with Gasteiger partial charge >= 0.3 is 0 Å². The van der Waals surface area contributed by atoms with Gasteiger partial charge in [0.25, 0.3) is 5.91 Å². The topological polar surface area (TPSA) is 26.8 Å². The van der Waals surface area contributed by atoms with Crippen molar-refractivity contribution in [2.75, 3.05) is 50.8 Å². The van der Waals surface area contributed by atoms with E-state index >= 15 is 0 Å². The van der Waals surface area contributed by atoms with Gasteiger partial charge in [-0.1, -0.05) is 12.1 Å². The molecule has 4 nitrogen and oxygen atoms in total. The fraction of sp³-hybridized carbons (Fsp3) is 0.667. The summed E-state index contributed by atoms with van der Waals surface area (Å²) in [6, 6.07) is 9.03. The Morgan fingerprint density at radius 1 is 0.923 bits per heavy atom. The van der Waals surface area contributed by atoms with Gasteiger partial charge < -0.3 is 4.90 Å². The lowest BCUT2D eigenvalue weighted by Gasteiger charge is -2.40. The minimum absolute atomic E-state index is 0.213. The number of benzene rings is 1. The molecule has 0 bridgehead atoms. The second-order valence-electron chi connectivity index (χ2n) is 7.85. The molecule has 5 heteroatoms. The molecule has 1 amide bonds. The van der Waals surface area contributed by atoms with E-state index in [1.165, 1.54) is 56.1 Å². The van der Waals surface area contributed by atoms with Crippen LogP contribution < -0.4 is 0 Å². The number of rotatable bonds is 4. The maximum atomic E-state index is 12.8. The van der Waals surface area contributed by atoms with Crippen molar-refractivity contribution in [3.05, 3.63) is 35.4 Å². The van der Waals surface area contributed by atoms with Gasteiger partial charge in [0.05, 0.1) is 0 Å². The standard InChI is InChI=1S/C21H31N3OS/c25-21(19-5-3-18(4-6-19)17-22-9-1-2-10-22)24-11-7-20(8-12-24)23-13-15-26-16-14-23/h3-6,20H,1-2,7-17H2. The number of hydrogen-bond donors (Lipinski definition) is 0. The number of nitrogens with zero attached hydrogens (tertiary/aromatic N) is 3. The highest BCUT2D eigenvalue weighted by Gasteiger charge is 2.28. The normalized spacial score (nSPS) is 23.5. The van der Waals surface area contributed by atoms with Gasteiger partial charge in [-0.2, -0.15) is 11.8 Å². The molecule has 0 atom stereocenters. The zero-order valence-electron chi connectivity index (χ0n) is 15.7. The zero-order valence-corrected chi connectivity index (χ0v) is 16.6. The summed E-state index contributed by atoms with van der Waals surface area (Å²) in [6.45, 7) is 7.71. The number of likely N-dealkylation sites (tertiary alicyclic amines) is 2. The van der Waals surface area contributed by atoms with E-state index in [2.05, 4.69) is 38.6 Å². The summed E-state index contributed by atoms with van der Waals surface area (Å²) in [5.41, 5.74) is 2.17. The Morgan fingerprint density at radius 2 is 1.58 bits per heavy atom. The van der Waals surface area contributed by atoms with Gasteiger partial charge in [-0.15, -0.1) is 0 Å². The first-order valence-electron chi connectivity index (χ1n) is 10.2. The maximum absolute atomic E-state index is 12.8. The summed E-state index contributed by atoms with van der Waals surface area (Å²) in [5, 5.41) is 0. The molecule has 1 aromatic carbocycles. The van der Waals surface area contributed by atoms with Crippen molar-refractivity contribution in [2.45, 2.75) is 38.3 Å². The van der Waals surface area contributed by atoms with E-state index in [1.54, 1.807) is 0 Å². The molecule has 0 saturated carbocycles. The molecular weight excluding hydrogens is 342 g/mol. The van der Waals surface area contributed by atoms with Crippen molar-refractivity contribution in [3.63, 3.8) is 0 Å². The summed E-state index contributed by atoms with van der Waals surface area (Å²) in [5.74, 6) is 2.75. The molecule has 3 aliphatic rings. The largest absolute Gasteiger partial charge is 0.339 e. The summed E-state index contributed by atoms with van der Waals surface area (Å²) in [4.78, 5) is 20.0. The number of carbonyl (C=O) groups is 1. The molecule has 0 aromatic heterocycles. The van der Waals surface area contributed by atoms with E-state index < -0.39 is 0 Å². The molecular formula is C21H31N3OS. The zero-order chi connectivity index (χ0) is 17.8. The van der Waals surface area contributed by atoms with Gasteiger partial charge in [-0.05, 0) is 56.5 Å². The van der Waals surface area contributed by atoms with Crippen molar-refractivity contribution in [1.29, 1.82) is 0 Å². The van der Waals surface area contributed by atoms with Crippen molar-refractivity contribution in [2.24, 2.45) is 0 Å². The fourth-order valence-electron chi connectivity index (χ4n) is 4.51. The van der Waals surface area contributed by atoms with Gasteiger partial charge in [-0.25, -0.2) is 0 Å². The third-order valence-corrected chi connectivity index (χ3v) is 7.06. The molecule has 1 aromatic rings. The van der Waals surface area contributed by atoms with Gasteiger partial charge in [0.2, 0.25) is 0 Å². The summed E-state index contributed by atoms with van der Waals surface area (Å²) < 4.78 is 0. The molecule has 3 aliphatic heterocycles. The molecule has 0 N–H and O–H groups in total. The molecule has 0 unspecified atom stereocenters. The molecule has 3 saturated heterocycles. The van der Waals surface area contributed by atoms with Gasteiger partial charge in [-0.3, -0.25) is 14.6 Å². The third-order valence-electron chi connectivity index (χ3n) is 6.12. The van der Waals surface area contributed by atoms with Crippen molar-refractivity contribution < 1.29 is 4.79 Å². The van der Waals surface area contributed by atoms with E-state index in [0.717, 1.165) is 38.0 Å². The third kappa shape index (κ3) is 4.44. The highest BCUT2D eigenvalue weighted by molar-refractivity contribution is 7.99. The minimum Gasteiger partial charge on any atom is -0.339 e. The molecule has 0 radical (unpaired) electrons. The van der Waals surface area contributed by atoms with Gasteiger partial charge in [0.1, 0.15) is 0 Å². The predicted octanol–water partition coefficient (Wildman–Crippen LogP) is 2.94. The van der Waals surface area contributed by atoms with Crippen LogP contribution in [0.1, 0.15) is 41.6 Å². The van der Waals surface area contributed by atoms with Crippen LogP contribution in [-0.2, 0) is 6.54 Å². The molecule has 4 rings (SSSR count). The van der Waals surface area contributed by atoms with E-state index in [-0.39, 0.29) is 5.91 Å². The molecule has 0 spiro atoms. The summed E-state index contributed by atoms with van der Waals surface area (Å²) in [7, 11) is 0. The van der Waals surface area contributed by atoms with Crippen LogP contribution in [0, 0.1) is 0 Å². The Morgan fingerprint density at radius 3 is 2.23 bits per heavy atom. The lowest BCUT2D eigenvalue weighted by atomic mass is 10.0. The molecule has 3 heterocycles. The van der Waals surface area contributed by atoms with E-state index in [0.29, 0.717) is 6.04 Å². The summed E-state index contributed by atoms with van der Waals surface area (Å²) in [6.07, 6.45) is 4.90.